The molecular weight excluding hydrogens is 879 g/mol. The van der Waals surface area contributed by atoms with Crippen molar-refractivity contribution in [3.05, 3.63) is 58.7 Å². The molecule has 16 heteroatoms. The Kier molecular flexibility index (Phi) is 15.7. The van der Waals surface area contributed by atoms with Crippen molar-refractivity contribution in [2.24, 2.45) is 23.2 Å². The van der Waals surface area contributed by atoms with Gasteiger partial charge in [0.05, 0.1) is 54.7 Å². The van der Waals surface area contributed by atoms with Crippen molar-refractivity contribution in [3.63, 3.8) is 0 Å². The minimum absolute atomic E-state index is 0.0230. The molecule has 0 radical (unpaired) electrons. The molecule has 15 nitrogen and oxygen atoms in total. The van der Waals surface area contributed by atoms with Gasteiger partial charge in [-0.05, 0) is 87.2 Å². The molecule has 8 rings (SSSR count). The number of pyridine rings is 1. The van der Waals surface area contributed by atoms with Crippen LogP contribution in [0.15, 0.2) is 48.1 Å². The van der Waals surface area contributed by atoms with Crippen LogP contribution in [0.4, 0.5) is 0 Å². The fourth-order valence-corrected chi connectivity index (χ4v) is 11.5. The van der Waals surface area contributed by atoms with Gasteiger partial charge >= 0.3 is 5.97 Å². The molecule has 3 aromatic heterocycles. The Morgan fingerprint density at radius 3 is 2.63 bits per heavy atom. The van der Waals surface area contributed by atoms with Gasteiger partial charge in [0.15, 0.2) is 0 Å². The normalized spacial score (nSPS) is 22.2. The SMILES string of the molecule is CCn1c(-c2cccnc2)c2c3cc(ccc31)-c1csc(n1)C[C@H](CNC(=O)[C@H](C(C)C)N(C)C[C@H]1CCN(C(=O)C#CCN3CCOCC3)C1)C(=O)N1CCC[C@@H](C(=O)OCC(C)(C)C2)N1C. The summed E-state index contributed by atoms with van der Waals surface area (Å²) in [6.45, 7) is 17.5. The predicted molar refractivity (Wildman–Crippen MR) is 264 cm³/mol. The minimum Gasteiger partial charge on any atom is -0.464 e. The zero-order valence-electron chi connectivity index (χ0n) is 41.0. The minimum atomic E-state index is -0.653. The van der Waals surface area contributed by atoms with Crippen LogP contribution in [0.5, 0.6) is 0 Å². The summed E-state index contributed by atoms with van der Waals surface area (Å²) in [5.41, 5.74) is 5.79. The molecule has 4 aromatic rings. The molecule has 3 fully saturated rings. The van der Waals surface area contributed by atoms with Crippen molar-refractivity contribution in [3.8, 4) is 34.4 Å². The second kappa shape index (κ2) is 21.6. The number of ether oxygens (including phenoxy) is 2. The summed E-state index contributed by atoms with van der Waals surface area (Å²) in [6, 6.07) is 9.47. The molecule has 7 heterocycles. The van der Waals surface area contributed by atoms with Crippen molar-refractivity contribution in [1.29, 1.82) is 0 Å². The van der Waals surface area contributed by atoms with Gasteiger partial charge in [0.1, 0.15) is 6.04 Å². The summed E-state index contributed by atoms with van der Waals surface area (Å²) in [5, 5.41) is 10.6. The number of thiazole rings is 1. The molecule has 1 aromatic carbocycles. The second-order valence-electron chi connectivity index (χ2n) is 20.2. The topological polar surface area (TPSA) is 146 Å². The number of aromatic nitrogens is 3. The quantitative estimate of drug-likeness (QED) is 0.165. The van der Waals surface area contributed by atoms with Gasteiger partial charge in [0.2, 0.25) is 11.8 Å². The van der Waals surface area contributed by atoms with Crippen molar-refractivity contribution in [1.82, 2.24) is 44.6 Å². The van der Waals surface area contributed by atoms with Gasteiger partial charge in [-0.3, -0.25) is 39.0 Å². The van der Waals surface area contributed by atoms with Crippen LogP contribution in [0.3, 0.4) is 0 Å². The maximum atomic E-state index is 14.8. The number of esters is 1. The first kappa shape index (κ1) is 49.2. The van der Waals surface area contributed by atoms with Crippen molar-refractivity contribution >= 4 is 45.9 Å². The van der Waals surface area contributed by atoms with E-state index in [1.165, 1.54) is 16.9 Å². The number of likely N-dealkylation sites (tertiary alicyclic amines) is 1. The Hall–Kier alpha value is -5.18. The second-order valence-corrected chi connectivity index (χ2v) is 21.1. The molecule has 4 atom stereocenters. The predicted octanol–water partition coefficient (Wildman–Crippen LogP) is 5.23. The molecule has 0 aliphatic carbocycles. The molecule has 4 aliphatic heterocycles. The Balaban J connectivity index is 1.02. The zero-order valence-corrected chi connectivity index (χ0v) is 41.8. The fourth-order valence-electron chi connectivity index (χ4n) is 10.6. The average molecular weight is 948 g/mol. The number of morpholine rings is 1. The molecule has 0 saturated carbocycles. The number of carbonyl (C=O) groups is 4. The number of amides is 3. The van der Waals surface area contributed by atoms with Crippen LogP contribution in [0.1, 0.15) is 64.5 Å². The summed E-state index contributed by atoms with van der Waals surface area (Å²) in [4.78, 5) is 71.9. The van der Waals surface area contributed by atoms with Crippen LogP contribution < -0.4 is 5.32 Å². The van der Waals surface area contributed by atoms with E-state index in [2.05, 4.69) is 86.9 Å². The lowest BCUT2D eigenvalue weighted by Crippen LogP contribution is -2.59. The van der Waals surface area contributed by atoms with E-state index in [4.69, 9.17) is 14.5 Å². The first-order valence-electron chi connectivity index (χ1n) is 24.5. The monoisotopic (exact) mass is 948 g/mol. The van der Waals surface area contributed by atoms with Gasteiger partial charge in [-0.25, -0.2) is 9.99 Å². The van der Waals surface area contributed by atoms with E-state index < -0.39 is 23.4 Å². The maximum Gasteiger partial charge on any atom is 0.325 e. The summed E-state index contributed by atoms with van der Waals surface area (Å²) in [7, 11) is 3.76. The molecule has 68 heavy (non-hydrogen) atoms. The summed E-state index contributed by atoms with van der Waals surface area (Å²) in [5.74, 6) is 4.60. The third kappa shape index (κ3) is 11.1. The van der Waals surface area contributed by atoms with E-state index in [0.717, 1.165) is 64.5 Å². The highest BCUT2D eigenvalue weighted by molar-refractivity contribution is 7.10. The standard InChI is InChI=1S/C52H69N9O6S/c1-8-60-43-16-15-37-26-40(43)41(48(60)38-12-9-18-53-29-38)28-52(4,5)34-67-51(65)44-13-10-20-61(57(44)7)50(64)39(27-45-55-42(37)33-68-45)30-54-49(63)47(35(2)3)56(6)31-36-17-21-59(32-36)46(62)14-11-19-58-22-24-66-25-23-58/h9,12,15-16,18,26,29,33,35-36,39,44,47H,8,10,13,17,19-25,27-28,30-32,34H2,1-7H3,(H,54,63)/t36-,39-,44+,47+/m1/s1. The van der Waals surface area contributed by atoms with Crippen molar-refractivity contribution in [2.45, 2.75) is 85.4 Å². The number of hydrogen-bond acceptors (Lipinski definition) is 12. The summed E-state index contributed by atoms with van der Waals surface area (Å²) >= 11 is 1.52. The largest absolute Gasteiger partial charge is 0.464 e. The number of hydrazine groups is 1. The molecule has 6 bridgehead atoms. The molecule has 3 saturated heterocycles. The lowest BCUT2D eigenvalue weighted by Gasteiger charge is -2.42. The van der Waals surface area contributed by atoms with Crippen LogP contribution in [0.2, 0.25) is 0 Å². The maximum absolute atomic E-state index is 14.8. The number of aryl methyl sites for hydroxylation is 1. The summed E-state index contributed by atoms with van der Waals surface area (Å²) in [6.07, 6.45) is 6.70. The number of nitrogens with zero attached hydrogens (tertiary/aromatic N) is 8. The zero-order chi connectivity index (χ0) is 48.1. The Labute approximate surface area is 405 Å². The van der Waals surface area contributed by atoms with Crippen LogP contribution in [0, 0.1) is 35.0 Å². The van der Waals surface area contributed by atoms with E-state index in [1.807, 2.05) is 38.1 Å². The van der Waals surface area contributed by atoms with Gasteiger partial charge in [-0.1, -0.05) is 39.7 Å². The number of nitrogens with one attached hydrogen (secondary N) is 1. The van der Waals surface area contributed by atoms with Crippen LogP contribution >= 0.6 is 11.3 Å². The molecular formula is C52H69N9O6S. The molecule has 0 unspecified atom stereocenters. The summed E-state index contributed by atoms with van der Waals surface area (Å²) < 4.78 is 13.9. The average Bonchev–Trinajstić information content (AvgIpc) is 4.07. The molecule has 3 amide bonds. The molecule has 1 N–H and O–H groups in total. The Bertz CT molecular complexity index is 2510. The van der Waals surface area contributed by atoms with Crippen molar-refractivity contribution < 1.29 is 28.7 Å². The smallest absolute Gasteiger partial charge is 0.325 e. The number of likely N-dealkylation sites (N-methyl/N-ethyl adjacent to an activating group) is 2. The highest BCUT2D eigenvalue weighted by Crippen LogP contribution is 2.40. The van der Waals surface area contributed by atoms with E-state index in [9.17, 15) is 19.2 Å². The number of cyclic esters (lactones) is 1. The van der Waals surface area contributed by atoms with Gasteiger partial charge in [0.25, 0.3) is 5.91 Å². The molecule has 4 aliphatic rings. The van der Waals surface area contributed by atoms with Gasteiger partial charge in [-0.15, -0.1) is 11.3 Å². The number of carbonyl (C=O) groups excluding carboxylic acids is 4. The Morgan fingerprint density at radius 1 is 1.07 bits per heavy atom. The van der Waals surface area contributed by atoms with E-state index in [1.54, 1.807) is 23.3 Å². The lowest BCUT2D eigenvalue weighted by molar-refractivity contribution is -0.175. The number of benzene rings is 1. The molecule has 0 spiro atoms. The van der Waals surface area contributed by atoms with Crippen LogP contribution in [-0.4, -0.2) is 161 Å². The van der Waals surface area contributed by atoms with Crippen LogP contribution in [0.25, 0.3) is 33.4 Å². The Morgan fingerprint density at radius 2 is 1.88 bits per heavy atom. The highest BCUT2D eigenvalue weighted by Gasteiger charge is 2.40. The third-order valence-electron chi connectivity index (χ3n) is 14.1. The van der Waals surface area contributed by atoms with E-state index >= 15 is 0 Å². The highest BCUT2D eigenvalue weighted by atomic mass is 32.1. The van der Waals surface area contributed by atoms with E-state index in [0.29, 0.717) is 71.6 Å². The third-order valence-corrected chi connectivity index (χ3v) is 15.0. The first-order valence-corrected chi connectivity index (χ1v) is 25.4. The van der Waals surface area contributed by atoms with Crippen LogP contribution in [-0.2, 0) is 48.0 Å². The number of rotatable bonds is 10. The van der Waals surface area contributed by atoms with Crippen molar-refractivity contribution in [2.75, 3.05) is 86.3 Å². The number of fused-ring (bicyclic) bond motifs is 6. The van der Waals surface area contributed by atoms with E-state index in [-0.39, 0.29) is 48.7 Å². The van der Waals surface area contributed by atoms with Gasteiger partial charge < -0.3 is 24.3 Å². The van der Waals surface area contributed by atoms with Gasteiger partial charge in [-0.2, -0.15) is 0 Å². The lowest BCUT2D eigenvalue weighted by atomic mass is 9.84. The van der Waals surface area contributed by atoms with Gasteiger partial charge in [0, 0.05) is 111 Å². The fraction of sp³-hybridized carbons (Fsp3) is 0.577. The molecule has 364 valence electrons. The first-order chi connectivity index (χ1) is 32.7. The number of hydrogen-bond donors (Lipinski definition) is 1.